The van der Waals surface area contributed by atoms with E-state index in [1.54, 1.807) is 18.3 Å². The highest BCUT2D eigenvalue weighted by Crippen LogP contribution is 2.30. The third kappa shape index (κ3) is 5.00. The Bertz CT molecular complexity index is 1180. The fraction of sp³-hybridized carbons (Fsp3) is 0.136. The molecule has 0 saturated carbocycles. The highest BCUT2D eigenvalue weighted by molar-refractivity contribution is 8.00. The van der Waals surface area contributed by atoms with Gasteiger partial charge in [0.05, 0.1) is 16.7 Å². The van der Waals surface area contributed by atoms with E-state index in [0.717, 1.165) is 28.4 Å². The van der Waals surface area contributed by atoms with E-state index in [0.29, 0.717) is 11.7 Å². The number of nitrogens with zero attached hydrogens (tertiary/aromatic N) is 3. The molecule has 1 N–H and O–H groups in total. The monoisotopic (exact) mass is 456 g/mol. The SMILES string of the molecule is CC(Sc1nnc(-c2cccs2)n1Cc1ccccc1)C(=O)Nc1ccc(F)c(F)c1. The first-order valence-corrected chi connectivity index (χ1v) is 11.2. The Morgan fingerprint density at radius 3 is 2.61 bits per heavy atom. The minimum Gasteiger partial charge on any atom is -0.325 e. The lowest BCUT2D eigenvalue weighted by molar-refractivity contribution is -0.115. The van der Waals surface area contributed by atoms with E-state index in [4.69, 9.17) is 0 Å². The highest BCUT2D eigenvalue weighted by Gasteiger charge is 2.22. The van der Waals surface area contributed by atoms with Crippen LogP contribution in [0.1, 0.15) is 12.5 Å². The van der Waals surface area contributed by atoms with E-state index in [2.05, 4.69) is 15.5 Å². The van der Waals surface area contributed by atoms with Gasteiger partial charge in [-0.05, 0) is 36.1 Å². The molecule has 1 unspecified atom stereocenters. The number of thiophene rings is 1. The van der Waals surface area contributed by atoms with Crippen molar-refractivity contribution >= 4 is 34.7 Å². The standard InChI is InChI=1S/C22H18F2N4OS2/c1-14(21(29)25-16-9-10-17(23)18(24)12-16)31-22-27-26-20(19-8-5-11-30-19)28(22)13-15-6-3-2-4-7-15/h2-12,14H,13H2,1H3,(H,25,29). The third-order valence-corrected chi connectivity index (χ3v) is 6.43. The number of hydrogen-bond donors (Lipinski definition) is 1. The van der Waals surface area contributed by atoms with Crippen LogP contribution in [0, 0.1) is 11.6 Å². The molecule has 31 heavy (non-hydrogen) atoms. The predicted molar refractivity (Wildman–Crippen MR) is 119 cm³/mol. The summed E-state index contributed by atoms with van der Waals surface area (Å²) in [6.07, 6.45) is 0. The second-order valence-electron chi connectivity index (χ2n) is 6.73. The molecule has 0 aliphatic rings. The van der Waals surface area contributed by atoms with Gasteiger partial charge in [0.2, 0.25) is 5.91 Å². The molecule has 2 aromatic carbocycles. The molecule has 0 bridgehead atoms. The van der Waals surface area contributed by atoms with Crippen LogP contribution >= 0.6 is 23.1 Å². The smallest absolute Gasteiger partial charge is 0.237 e. The normalized spacial score (nSPS) is 12.0. The predicted octanol–water partition coefficient (Wildman–Crippen LogP) is 5.45. The number of benzene rings is 2. The number of aromatic nitrogens is 3. The lowest BCUT2D eigenvalue weighted by Gasteiger charge is -2.14. The van der Waals surface area contributed by atoms with Gasteiger partial charge in [0.25, 0.3) is 0 Å². The third-order valence-electron chi connectivity index (χ3n) is 4.48. The van der Waals surface area contributed by atoms with Crippen LogP contribution < -0.4 is 5.32 Å². The van der Waals surface area contributed by atoms with Crippen molar-refractivity contribution in [2.75, 3.05) is 5.32 Å². The van der Waals surface area contributed by atoms with Crippen LogP contribution in [0.2, 0.25) is 0 Å². The molecule has 158 valence electrons. The number of thioether (sulfide) groups is 1. The van der Waals surface area contributed by atoms with E-state index in [9.17, 15) is 13.6 Å². The number of amides is 1. The Morgan fingerprint density at radius 1 is 1.10 bits per heavy atom. The molecule has 9 heteroatoms. The first kappa shape index (κ1) is 21.2. The number of hydrogen-bond acceptors (Lipinski definition) is 5. The molecule has 0 aliphatic heterocycles. The molecule has 2 heterocycles. The van der Waals surface area contributed by atoms with Crippen molar-refractivity contribution in [3.63, 3.8) is 0 Å². The molecule has 5 nitrogen and oxygen atoms in total. The van der Waals surface area contributed by atoms with Gasteiger partial charge in [-0.1, -0.05) is 48.2 Å². The largest absolute Gasteiger partial charge is 0.325 e. The van der Waals surface area contributed by atoms with Crippen LogP contribution in [0.15, 0.2) is 71.2 Å². The molecule has 0 spiro atoms. The zero-order valence-corrected chi connectivity index (χ0v) is 18.1. The summed E-state index contributed by atoms with van der Waals surface area (Å²) in [7, 11) is 0. The summed E-state index contributed by atoms with van der Waals surface area (Å²) < 4.78 is 28.5. The summed E-state index contributed by atoms with van der Waals surface area (Å²) in [4.78, 5) is 13.6. The summed E-state index contributed by atoms with van der Waals surface area (Å²) in [6, 6.07) is 17.1. The van der Waals surface area contributed by atoms with Gasteiger partial charge < -0.3 is 5.32 Å². The number of anilines is 1. The highest BCUT2D eigenvalue weighted by atomic mass is 32.2. The molecule has 0 saturated heterocycles. The van der Waals surface area contributed by atoms with Crippen molar-refractivity contribution in [1.82, 2.24) is 14.8 Å². The number of nitrogens with one attached hydrogen (secondary N) is 1. The summed E-state index contributed by atoms with van der Waals surface area (Å²) in [5.41, 5.74) is 1.28. The molecule has 0 fully saturated rings. The van der Waals surface area contributed by atoms with Crippen molar-refractivity contribution in [3.8, 4) is 10.7 Å². The first-order chi connectivity index (χ1) is 15.0. The van der Waals surface area contributed by atoms with Gasteiger partial charge >= 0.3 is 0 Å². The van der Waals surface area contributed by atoms with Gasteiger partial charge in [0.1, 0.15) is 0 Å². The second kappa shape index (κ2) is 9.40. The fourth-order valence-corrected chi connectivity index (χ4v) is 4.47. The lowest BCUT2D eigenvalue weighted by Crippen LogP contribution is -2.23. The topological polar surface area (TPSA) is 59.8 Å². The van der Waals surface area contributed by atoms with E-state index < -0.39 is 16.9 Å². The second-order valence-corrected chi connectivity index (χ2v) is 8.99. The number of rotatable bonds is 7. The van der Waals surface area contributed by atoms with Crippen LogP contribution in [0.5, 0.6) is 0 Å². The molecular formula is C22H18F2N4OS2. The Morgan fingerprint density at radius 2 is 1.90 bits per heavy atom. The van der Waals surface area contributed by atoms with Crippen molar-refractivity contribution < 1.29 is 13.6 Å². The Labute approximate surface area is 186 Å². The van der Waals surface area contributed by atoms with Crippen LogP contribution in [0.4, 0.5) is 14.5 Å². The lowest BCUT2D eigenvalue weighted by atomic mass is 10.2. The molecule has 4 aromatic rings. The van der Waals surface area contributed by atoms with Crippen molar-refractivity contribution in [2.45, 2.75) is 23.9 Å². The first-order valence-electron chi connectivity index (χ1n) is 9.45. The fourth-order valence-electron chi connectivity index (χ4n) is 2.90. The quantitative estimate of drug-likeness (QED) is 0.376. The van der Waals surface area contributed by atoms with Gasteiger partial charge in [0.15, 0.2) is 22.6 Å². The minimum atomic E-state index is -1.01. The minimum absolute atomic E-state index is 0.196. The van der Waals surface area contributed by atoms with E-state index in [1.165, 1.54) is 17.8 Å². The molecule has 0 aliphatic carbocycles. The average molecular weight is 457 g/mol. The Kier molecular flexibility index (Phi) is 6.43. The number of carbonyl (C=O) groups is 1. The molecule has 0 radical (unpaired) electrons. The molecule has 2 aromatic heterocycles. The maximum absolute atomic E-state index is 13.4. The van der Waals surface area contributed by atoms with Crippen LogP contribution in [0.3, 0.4) is 0 Å². The van der Waals surface area contributed by atoms with Gasteiger partial charge in [0, 0.05) is 11.8 Å². The van der Waals surface area contributed by atoms with Crippen LogP contribution in [-0.2, 0) is 11.3 Å². The number of carbonyl (C=O) groups excluding carboxylic acids is 1. The zero-order valence-electron chi connectivity index (χ0n) is 16.5. The van der Waals surface area contributed by atoms with Gasteiger partial charge in [-0.3, -0.25) is 9.36 Å². The maximum atomic E-state index is 13.4. The number of halogens is 2. The van der Waals surface area contributed by atoms with Crippen LogP contribution in [0.25, 0.3) is 10.7 Å². The summed E-state index contributed by atoms with van der Waals surface area (Å²) in [5, 5.41) is 13.3. The van der Waals surface area contributed by atoms with Crippen molar-refractivity contribution in [2.24, 2.45) is 0 Å². The van der Waals surface area contributed by atoms with E-state index in [-0.39, 0.29) is 11.6 Å². The van der Waals surface area contributed by atoms with Crippen molar-refractivity contribution in [3.05, 3.63) is 83.2 Å². The van der Waals surface area contributed by atoms with E-state index in [1.807, 2.05) is 52.4 Å². The average Bonchev–Trinajstić information content (AvgIpc) is 3.42. The molecule has 1 amide bonds. The Balaban J connectivity index is 1.55. The summed E-state index contributed by atoms with van der Waals surface area (Å²) in [5.74, 6) is -1.59. The maximum Gasteiger partial charge on any atom is 0.237 e. The molecule has 1 atom stereocenters. The summed E-state index contributed by atoms with van der Waals surface area (Å²) >= 11 is 2.82. The summed E-state index contributed by atoms with van der Waals surface area (Å²) in [6.45, 7) is 2.28. The van der Waals surface area contributed by atoms with Crippen molar-refractivity contribution in [1.29, 1.82) is 0 Å². The Hall–Kier alpha value is -3.04. The van der Waals surface area contributed by atoms with Gasteiger partial charge in [-0.2, -0.15) is 0 Å². The molecular weight excluding hydrogens is 438 g/mol. The van der Waals surface area contributed by atoms with E-state index >= 15 is 0 Å². The van der Waals surface area contributed by atoms with Gasteiger partial charge in [-0.25, -0.2) is 8.78 Å². The van der Waals surface area contributed by atoms with Crippen LogP contribution in [-0.4, -0.2) is 25.9 Å². The molecule has 4 rings (SSSR count). The van der Waals surface area contributed by atoms with Gasteiger partial charge in [-0.15, -0.1) is 21.5 Å². The zero-order chi connectivity index (χ0) is 21.8.